The molecule has 0 aliphatic carbocycles. The van der Waals surface area contributed by atoms with Crippen LogP contribution in [0.2, 0.25) is 0 Å². The van der Waals surface area contributed by atoms with Crippen molar-refractivity contribution >= 4 is 0 Å². The van der Waals surface area contributed by atoms with Crippen molar-refractivity contribution in [2.24, 2.45) is 5.84 Å². The molecule has 106 valence electrons. The predicted octanol–water partition coefficient (Wildman–Crippen LogP) is 3.68. The third kappa shape index (κ3) is 3.24. The SMILES string of the molecule is CC(C)(C)c1ccc(C(NN)c2cccc(F)c2)cc1. The van der Waals surface area contributed by atoms with Gasteiger partial charge in [-0.1, -0.05) is 57.2 Å². The molecule has 0 aliphatic heterocycles. The lowest BCUT2D eigenvalue weighted by atomic mass is 9.86. The molecule has 2 aromatic rings. The molecular formula is C17H21FN2. The number of hydrazine groups is 1. The summed E-state index contributed by atoms with van der Waals surface area (Å²) in [4.78, 5) is 0. The number of rotatable bonds is 3. The zero-order chi connectivity index (χ0) is 14.8. The van der Waals surface area contributed by atoms with Gasteiger partial charge in [-0.15, -0.1) is 0 Å². The molecule has 0 saturated carbocycles. The van der Waals surface area contributed by atoms with Crippen molar-refractivity contribution in [2.75, 3.05) is 0 Å². The molecule has 0 spiro atoms. The van der Waals surface area contributed by atoms with Crippen LogP contribution in [0.4, 0.5) is 4.39 Å². The van der Waals surface area contributed by atoms with Crippen LogP contribution in [0.3, 0.4) is 0 Å². The van der Waals surface area contributed by atoms with Crippen LogP contribution in [0.5, 0.6) is 0 Å². The Morgan fingerprint density at radius 3 is 2.15 bits per heavy atom. The summed E-state index contributed by atoms with van der Waals surface area (Å²) in [7, 11) is 0. The van der Waals surface area contributed by atoms with Gasteiger partial charge < -0.3 is 0 Å². The molecule has 0 radical (unpaired) electrons. The first-order valence-electron chi connectivity index (χ1n) is 6.74. The highest BCUT2D eigenvalue weighted by Crippen LogP contribution is 2.26. The van der Waals surface area contributed by atoms with E-state index >= 15 is 0 Å². The first-order valence-corrected chi connectivity index (χ1v) is 6.74. The van der Waals surface area contributed by atoms with Gasteiger partial charge in [0.2, 0.25) is 0 Å². The van der Waals surface area contributed by atoms with Crippen LogP contribution in [0.15, 0.2) is 48.5 Å². The first-order chi connectivity index (χ1) is 9.41. The number of benzene rings is 2. The highest BCUT2D eigenvalue weighted by Gasteiger charge is 2.16. The number of hydrogen-bond donors (Lipinski definition) is 2. The van der Waals surface area contributed by atoms with Gasteiger partial charge in [0.25, 0.3) is 0 Å². The molecule has 3 N–H and O–H groups in total. The summed E-state index contributed by atoms with van der Waals surface area (Å²) in [5.41, 5.74) is 5.96. The highest BCUT2D eigenvalue weighted by atomic mass is 19.1. The second-order valence-corrected chi connectivity index (χ2v) is 6.03. The third-order valence-electron chi connectivity index (χ3n) is 3.46. The van der Waals surface area contributed by atoms with Gasteiger partial charge in [0.05, 0.1) is 6.04 Å². The average molecular weight is 272 g/mol. The monoisotopic (exact) mass is 272 g/mol. The molecule has 2 rings (SSSR count). The van der Waals surface area contributed by atoms with Gasteiger partial charge in [0.1, 0.15) is 5.82 Å². The maximum atomic E-state index is 13.3. The van der Waals surface area contributed by atoms with Gasteiger partial charge >= 0.3 is 0 Å². The number of hydrogen-bond acceptors (Lipinski definition) is 2. The summed E-state index contributed by atoms with van der Waals surface area (Å²) >= 11 is 0. The molecular weight excluding hydrogens is 251 g/mol. The second-order valence-electron chi connectivity index (χ2n) is 6.03. The van der Waals surface area contributed by atoms with Crippen molar-refractivity contribution in [1.82, 2.24) is 5.43 Å². The summed E-state index contributed by atoms with van der Waals surface area (Å²) in [5.74, 6) is 5.38. The lowest BCUT2D eigenvalue weighted by molar-refractivity contribution is 0.587. The quantitative estimate of drug-likeness (QED) is 0.661. The minimum absolute atomic E-state index is 0.114. The fourth-order valence-electron chi connectivity index (χ4n) is 2.25. The van der Waals surface area contributed by atoms with E-state index < -0.39 is 0 Å². The van der Waals surface area contributed by atoms with Crippen molar-refractivity contribution in [3.05, 3.63) is 71.0 Å². The summed E-state index contributed by atoms with van der Waals surface area (Å²) in [6, 6.07) is 14.6. The molecule has 1 unspecified atom stereocenters. The van der Waals surface area contributed by atoms with Gasteiger partial charge in [0, 0.05) is 0 Å². The Hall–Kier alpha value is -1.71. The Kier molecular flexibility index (Phi) is 4.21. The topological polar surface area (TPSA) is 38.0 Å². The minimum atomic E-state index is -0.255. The Morgan fingerprint density at radius 2 is 1.65 bits per heavy atom. The van der Waals surface area contributed by atoms with E-state index in [0.29, 0.717) is 0 Å². The zero-order valence-corrected chi connectivity index (χ0v) is 12.2. The largest absolute Gasteiger partial charge is 0.271 e. The fourth-order valence-corrected chi connectivity index (χ4v) is 2.25. The Balaban J connectivity index is 2.33. The normalized spacial score (nSPS) is 13.2. The molecule has 3 heteroatoms. The first kappa shape index (κ1) is 14.7. The Morgan fingerprint density at radius 1 is 1.00 bits per heavy atom. The van der Waals surface area contributed by atoms with E-state index in [4.69, 9.17) is 5.84 Å². The van der Waals surface area contributed by atoms with Crippen LogP contribution in [0, 0.1) is 5.82 Å². The zero-order valence-electron chi connectivity index (χ0n) is 12.2. The smallest absolute Gasteiger partial charge is 0.123 e. The average Bonchev–Trinajstić information content (AvgIpc) is 2.39. The number of halogens is 1. The number of nitrogens with two attached hydrogens (primary N) is 1. The van der Waals surface area contributed by atoms with Crippen LogP contribution < -0.4 is 11.3 Å². The van der Waals surface area contributed by atoms with Crippen molar-refractivity contribution < 1.29 is 4.39 Å². The fraction of sp³-hybridized carbons (Fsp3) is 0.294. The van der Waals surface area contributed by atoms with Crippen molar-refractivity contribution in [3.63, 3.8) is 0 Å². The molecule has 0 aliphatic rings. The molecule has 0 bridgehead atoms. The van der Waals surface area contributed by atoms with E-state index in [2.05, 4.69) is 38.3 Å². The summed E-state index contributed by atoms with van der Waals surface area (Å²) < 4.78 is 13.3. The summed E-state index contributed by atoms with van der Waals surface area (Å²) in [6.45, 7) is 6.52. The molecule has 2 aromatic carbocycles. The molecule has 1 atom stereocenters. The molecule has 0 aromatic heterocycles. The van der Waals surface area contributed by atoms with Crippen LogP contribution >= 0.6 is 0 Å². The van der Waals surface area contributed by atoms with Crippen molar-refractivity contribution in [1.29, 1.82) is 0 Å². The van der Waals surface area contributed by atoms with E-state index in [9.17, 15) is 4.39 Å². The van der Waals surface area contributed by atoms with Crippen LogP contribution in [-0.4, -0.2) is 0 Å². The maximum absolute atomic E-state index is 13.3. The van der Waals surface area contributed by atoms with E-state index in [-0.39, 0.29) is 17.3 Å². The summed E-state index contributed by atoms with van der Waals surface area (Å²) in [6.07, 6.45) is 0. The minimum Gasteiger partial charge on any atom is -0.271 e. The van der Waals surface area contributed by atoms with Crippen molar-refractivity contribution in [2.45, 2.75) is 32.2 Å². The van der Waals surface area contributed by atoms with Crippen LogP contribution in [0.25, 0.3) is 0 Å². The third-order valence-corrected chi connectivity index (χ3v) is 3.46. The van der Waals surface area contributed by atoms with Gasteiger partial charge in [-0.25, -0.2) is 9.82 Å². The molecule has 20 heavy (non-hydrogen) atoms. The van der Waals surface area contributed by atoms with Crippen LogP contribution in [0.1, 0.15) is 43.5 Å². The Labute approximate surface area is 119 Å². The molecule has 0 saturated heterocycles. The molecule has 0 heterocycles. The number of nitrogens with one attached hydrogen (secondary N) is 1. The predicted molar refractivity (Wildman–Crippen MR) is 80.7 cm³/mol. The lowest BCUT2D eigenvalue weighted by Gasteiger charge is -2.21. The van der Waals surface area contributed by atoms with Gasteiger partial charge in [-0.05, 0) is 34.2 Å². The molecule has 0 fully saturated rings. The van der Waals surface area contributed by atoms with Gasteiger partial charge in [0.15, 0.2) is 0 Å². The van der Waals surface area contributed by atoms with E-state index in [1.807, 2.05) is 18.2 Å². The van der Waals surface area contributed by atoms with E-state index in [0.717, 1.165) is 11.1 Å². The lowest BCUT2D eigenvalue weighted by Crippen LogP contribution is -2.29. The second kappa shape index (κ2) is 5.73. The van der Waals surface area contributed by atoms with E-state index in [1.54, 1.807) is 6.07 Å². The maximum Gasteiger partial charge on any atom is 0.123 e. The van der Waals surface area contributed by atoms with Gasteiger partial charge in [-0.2, -0.15) is 0 Å². The Bertz CT molecular complexity index is 570. The van der Waals surface area contributed by atoms with Crippen molar-refractivity contribution in [3.8, 4) is 0 Å². The standard InChI is InChI=1S/C17H21FN2/c1-17(2,3)14-9-7-12(8-10-14)16(20-19)13-5-4-6-15(18)11-13/h4-11,16,20H,19H2,1-3H3. The van der Waals surface area contributed by atoms with Crippen LogP contribution in [-0.2, 0) is 5.41 Å². The highest BCUT2D eigenvalue weighted by molar-refractivity contribution is 5.35. The molecule has 0 amide bonds. The van der Waals surface area contributed by atoms with E-state index in [1.165, 1.54) is 17.7 Å². The molecule has 2 nitrogen and oxygen atoms in total. The summed E-state index contributed by atoms with van der Waals surface area (Å²) in [5, 5.41) is 0. The van der Waals surface area contributed by atoms with Gasteiger partial charge in [-0.3, -0.25) is 5.84 Å².